The third-order valence-electron chi connectivity index (χ3n) is 6.20. The van der Waals surface area contributed by atoms with Crippen LogP contribution in [0.15, 0.2) is 45.6 Å². The van der Waals surface area contributed by atoms with E-state index in [1.54, 1.807) is 12.1 Å². The van der Waals surface area contributed by atoms with Crippen molar-refractivity contribution in [2.24, 2.45) is 5.92 Å². The normalized spacial score (nSPS) is 19.1. The van der Waals surface area contributed by atoms with Crippen molar-refractivity contribution in [3.8, 4) is 17.2 Å². The Bertz CT molecular complexity index is 1200. The van der Waals surface area contributed by atoms with Gasteiger partial charge in [0.2, 0.25) is 11.2 Å². The van der Waals surface area contributed by atoms with Crippen molar-refractivity contribution >= 4 is 11.0 Å². The van der Waals surface area contributed by atoms with Gasteiger partial charge in [-0.25, -0.2) is 0 Å². The standard InChI is InChI=1S/C25H26F3NO4/c1-3-16-6-8-17(9-7-16)32-23-21(31)18-10-11-20(30)19(14-29-12-4-5-15(2)13-29)22(18)33-24(23)25(26,27)28/h6-11,15,30H,3-5,12-14H2,1-2H3/p+1/t15-/m0/s1. The monoisotopic (exact) mass is 462 g/mol. The Kier molecular flexibility index (Phi) is 6.38. The van der Waals surface area contributed by atoms with Crippen molar-refractivity contribution in [2.45, 2.75) is 45.8 Å². The van der Waals surface area contributed by atoms with Gasteiger partial charge in [-0.15, -0.1) is 0 Å². The maximum atomic E-state index is 13.9. The predicted octanol–water partition coefficient (Wildman–Crippen LogP) is 4.69. The smallest absolute Gasteiger partial charge is 0.453 e. The number of phenols is 1. The molecule has 4 rings (SSSR count). The number of phenolic OH excluding ortho intramolecular Hbond substituents is 1. The maximum Gasteiger partial charge on any atom is 0.453 e. The number of aromatic hydroxyl groups is 1. The zero-order valence-electron chi connectivity index (χ0n) is 18.6. The molecule has 1 aromatic heterocycles. The minimum Gasteiger partial charge on any atom is -0.507 e. The van der Waals surface area contributed by atoms with Gasteiger partial charge in [0.1, 0.15) is 18.0 Å². The Labute approximate surface area is 189 Å². The summed E-state index contributed by atoms with van der Waals surface area (Å²) in [7, 11) is 0. The molecule has 2 N–H and O–H groups in total. The number of aryl methyl sites for hydroxylation is 1. The van der Waals surface area contributed by atoms with Crippen molar-refractivity contribution in [3.63, 3.8) is 0 Å². The fraction of sp³-hybridized carbons (Fsp3) is 0.400. The molecule has 0 bridgehead atoms. The van der Waals surface area contributed by atoms with E-state index in [2.05, 4.69) is 6.92 Å². The minimum absolute atomic E-state index is 0.0552. The van der Waals surface area contributed by atoms with Gasteiger partial charge in [0.05, 0.1) is 24.0 Å². The first kappa shape index (κ1) is 23.2. The molecule has 0 radical (unpaired) electrons. The molecule has 0 saturated carbocycles. The number of benzene rings is 2. The highest BCUT2D eigenvalue weighted by atomic mass is 19.4. The molecule has 3 aromatic rings. The highest BCUT2D eigenvalue weighted by Gasteiger charge is 2.41. The van der Waals surface area contributed by atoms with E-state index >= 15 is 0 Å². The molecule has 8 heteroatoms. The number of fused-ring (bicyclic) bond motifs is 1. The van der Waals surface area contributed by atoms with Gasteiger partial charge in [-0.2, -0.15) is 13.2 Å². The SMILES string of the molecule is CCc1ccc(Oc2c(C(F)(F)F)oc3c(C[NH+]4CCC[C@H](C)C4)c(O)ccc3c2=O)cc1. The number of piperidine rings is 1. The summed E-state index contributed by atoms with van der Waals surface area (Å²) in [4.78, 5) is 14.3. The number of nitrogens with one attached hydrogen (secondary N) is 1. The van der Waals surface area contributed by atoms with Gasteiger partial charge in [0, 0.05) is 5.92 Å². The van der Waals surface area contributed by atoms with Crippen molar-refractivity contribution in [1.82, 2.24) is 0 Å². The molecular formula is C25H27F3NO4+. The molecule has 1 fully saturated rings. The summed E-state index contributed by atoms with van der Waals surface area (Å²) in [6.07, 6.45) is -2.11. The third kappa shape index (κ3) is 4.85. The number of alkyl halides is 3. The summed E-state index contributed by atoms with van der Waals surface area (Å²) in [5.41, 5.74) is 0.0229. The van der Waals surface area contributed by atoms with Crippen LogP contribution < -0.4 is 15.1 Å². The Balaban J connectivity index is 1.83. The Hall–Kier alpha value is -3.00. The van der Waals surface area contributed by atoms with E-state index in [0.717, 1.165) is 42.8 Å². The van der Waals surface area contributed by atoms with Crippen LogP contribution in [-0.2, 0) is 19.1 Å². The van der Waals surface area contributed by atoms with E-state index in [9.17, 15) is 23.1 Å². The fourth-order valence-corrected chi connectivity index (χ4v) is 4.46. The molecule has 2 heterocycles. The molecule has 33 heavy (non-hydrogen) atoms. The number of halogens is 3. The Morgan fingerprint density at radius 2 is 1.91 bits per heavy atom. The van der Waals surface area contributed by atoms with Gasteiger partial charge < -0.3 is 19.2 Å². The van der Waals surface area contributed by atoms with E-state index in [-0.39, 0.29) is 34.6 Å². The molecule has 0 amide bonds. The second kappa shape index (κ2) is 9.09. The van der Waals surface area contributed by atoms with Crippen LogP contribution in [0.5, 0.6) is 17.2 Å². The molecule has 2 atom stereocenters. The molecule has 0 aliphatic carbocycles. The first-order valence-corrected chi connectivity index (χ1v) is 11.2. The maximum absolute atomic E-state index is 13.9. The summed E-state index contributed by atoms with van der Waals surface area (Å²) in [6.45, 7) is 6.02. The van der Waals surface area contributed by atoms with E-state index < -0.39 is 23.1 Å². The summed E-state index contributed by atoms with van der Waals surface area (Å²) in [5.74, 6) is -2.02. The van der Waals surface area contributed by atoms with Crippen LogP contribution in [0.3, 0.4) is 0 Å². The van der Waals surface area contributed by atoms with Crippen LogP contribution in [-0.4, -0.2) is 18.2 Å². The molecular weight excluding hydrogens is 435 g/mol. The second-order valence-electron chi connectivity index (χ2n) is 8.75. The average molecular weight is 462 g/mol. The first-order chi connectivity index (χ1) is 15.7. The number of hydrogen-bond donors (Lipinski definition) is 2. The van der Waals surface area contributed by atoms with Crippen molar-refractivity contribution in [1.29, 1.82) is 0 Å². The van der Waals surface area contributed by atoms with Gasteiger partial charge in [0.25, 0.3) is 5.76 Å². The van der Waals surface area contributed by atoms with Gasteiger partial charge >= 0.3 is 6.18 Å². The molecule has 2 aromatic carbocycles. The van der Waals surface area contributed by atoms with Crippen molar-refractivity contribution in [3.05, 3.63) is 63.5 Å². The number of rotatable bonds is 5. The zero-order chi connectivity index (χ0) is 23.8. The number of likely N-dealkylation sites (tertiary alicyclic amines) is 1. The zero-order valence-corrected chi connectivity index (χ0v) is 18.6. The van der Waals surface area contributed by atoms with E-state index in [1.807, 2.05) is 6.92 Å². The molecule has 1 unspecified atom stereocenters. The topological polar surface area (TPSA) is 64.1 Å². The van der Waals surface area contributed by atoms with Crippen LogP contribution in [0.4, 0.5) is 13.2 Å². The van der Waals surface area contributed by atoms with Crippen LogP contribution in [0.2, 0.25) is 0 Å². The first-order valence-electron chi connectivity index (χ1n) is 11.2. The Morgan fingerprint density at radius 3 is 2.55 bits per heavy atom. The van der Waals surface area contributed by atoms with Gasteiger partial charge in [-0.1, -0.05) is 26.0 Å². The van der Waals surface area contributed by atoms with Gasteiger partial charge in [-0.3, -0.25) is 4.79 Å². The summed E-state index contributed by atoms with van der Waals surface area (Å²) >= 11 is 0. The van der Waals surface area contributed by atoms with Gasteiger partial charge in [0.15, 0.2) is 5.58 Å². The lowest BCUT2D eigenvalue weighted by atomic mass is 9.99. The molecule has 176 valence electrons. The van der Waals surface area contributed by atoms with Crippen molar-refractivity contribution < 1.29 is 32.3 Å². The summed E-state index contributed by atoms with van der Waals surface area (Å²) in [6, 6.07) is 9.10. The fourth-order valence-electron chi connectivity index (χ4n) is 4.46. The molecule has 5 nitrogen and oxygen atoms in total. The second-order valence-corrected chi connectivity index (χ2v) is 8.75. The molecule has 1 aliphatic heterocycles. The highest BCUT2D eigenvalue weighted by molar-refractivity contribution is 5.83. The lowest BCUT2D eigenvalue weighted by Crippen LogP contribution is -3.12. The van der Waals surface area contributed by atoms with Crippen LogP contribution in [0.1, 0.15) is 43.6 Å². The van der Waals surface area contributed by atoms with Gasteiger partial charge in [-0.05, 0) is 49.1 Å². The highest BCUT2D eigenvalue weighted by Crippen LogP contribution is 2.39. The molecule has 1 saturated heterocycles. The summed E-state index contributed by atoms with van der Waals surface area (Å²) < 4.78 is 52.5. The van der Waals surface area contributed by atoms with E-state index in [4.69, 9.17) is 9.15 Å². The molecule has 0 spiro atoms. The van der Waals surface area contributed by atoms with Crippen LogP contribution in [0, 0.1) is 5.92 Å². The van der Waals surface area contributed by atoms with Crippen LogP contribution >= 0.6 is 0 Å². The Morgan fingerprint density at radius 1 is 1.18 bits per heavy atom. The number of ether oxygens (including phenoxy) is 1. The number of quaternary nitrogens is 1. The van der Waals surface area contributed by atoms with Crippen molar-refractivity contribution in [2.75, 3.05) is 13.1 Å². The largest absolute Gasteiger partial charge is 0.507 e. The van der Waals surface area contributed by atoms with E-state index in [1.165, 1.54) is 24.3 Å². The average Bonchev–Trinajstić information content (AvgIpc) is 2.77. The quantitative estimate of drug-likeness (QED) is 0.578. The lowest BCUT2D eigenvalue weighted by molar-refractivity contribution is -0.922. The van der Waals surface area contributed by atoms with E-state index in [0.29, 0.717) is 5.92 Å². The minimum atomic E-state index is -4.96. The summed E-state index contributed by atoms with van der Waals surface area (Å²) in [5, 5.41) is 10.4. The van der Waals surface area contributed by atoms with Crippen LogP contribution in [0.25, 0.3) is 11.0 Å². The number of hydrogen-bond acceptors (Lipinski definition) is 4. The third-order valence-corrected chi connectivity index (χ3v) is 6.20. The molecule has 1 aliphatic rings. The predicted molar refractivity (Wildman–Crippen MR) is 118 cm³/mol. The lowest BCUT2D eigenvalue weighted by Gasteiger charge is -2.28.